The van der Waals surface area contributed by atoms with Gasteiger partial charge in [-0.15, -0.1) is 0 Å². The normalized spacial score (nSPS) is 23.7. The molecule has 0 aromatic heterocycles. The summed E-state index contributed by atoms with van der Waals surface area (Å²) in [5.74, 6) is 0.181. The number of piperidine rings is 1. The van der Waals surface area contributed by atoms with E-state index in [2.05, 4.69) is 72.6 Å². The number of likely N-dealkylation sites (tertiary alicyclic amines) is 1. The lowest BCUT2D eigenvalue weighted by Crippen LogP contribution is -2.42. The van der Waals surface area contributed by atoms with Crippen LogP contribution in [0.1, 0.15) is 41.1 Å². The van der Waals surface area contributed by atoms with Gasteiger partial charge < -0.3 is 0 Å². The Labute approximate surface area is 155 Å². The van der Waals surface area contributed by atoms with Gasteiger partial charge in [-0.3, -0.25) is 9.69 Å². The van der Waals surface area contributed by atoms with Gasteiger partial charge in [-0.25, -0.2) is 0 Å². The van der Waals surface area contributed by atoms with Crippen LogP contribution in [0.2, 0.25) is 0 Å². The number of hydrogen-bond donors (Lipinski definition) is 0. The fourth-order valence-corrected chi connectivity index (χ4v) is 4.20. The fourth-order valence-electron chi connectivity index (χ4n) is 4.20. The Morgan fingerprint density at radius 2 is 1.15 bits per heavy atom. The largest absolute Gasteiger partial charge is 0.299 e. The van der Waals surface area contributed by atoms with Crippen LogP contribution < -0.4 is 0 Å². The molecule has 0 spiro atoms. The topological polar surface area (TPSA) is 20.3 Å². The van der Waals surface area contributed by atoms with Crippen molar-refractivity contribution >= 4 is 5.78 Å². The molecule has 0 radical (unpaired) electrons. The van der Waals surface area contributed by atoms with Crippen molar-refractivity contribution < 1.29 is 4.79 Å². The Kier molecular flexibility index (Phi) is 4.68. The predicted molar refractivity (Wildman–Crippen MR) is 105 cm³/mol. The third-order valence-corrected chi connectivity index (χ3v) is 5.47. The summed E-state index contributed by atoms with van der Waals surface area (Å²) in [6, 6.07) is 31.1. The fraction of sp³-hybridized carbons (Fsp3) is 0.208. The van der Waals surface area contributed by atoms with Gasteiger partial charge in [0.15, 0.2) is 0 Å². The molecule has 1 fully saturated rings. The number of rotatable bonds is 3. The highest BCUT2D eigenvalue weighted by molar-refractivity contribution is 5.88. The number of hydrogen-bond acceptors (Lipinski definition) is 2. The van der Waals surface area contributed by atoms with Crippen LogP contribution in [-0.4, -0.2) is 17.7 Å². The molecular weight excluding hydrogens is 318 g/mol. The molecule has 0 unspecified atom stereocenters. The molecule has 2 heteroatoms. The zero-order valence-corrected chi connectivity index (χ0v) is 15.0. The van der Waals surface area contributed by atoms with Gasteiger partial charge in [0.1, 0.15) is 5.78 Å². The van der Waals surface area contributed by atoms with Gasteiger partial charge in [0.2, 0.25) is 0 Å². The van der Waals surface area contributed by atoms with Crippen LogP contribution in [0, 0.1) is 0 Å². The van der Waals surface area contributed by atoms with Crippen LogP contribution in [0.3, 0.4) is 0 Å². The molecule has 2 nitrogen and oxygen atoms in total. The van der Waals surface area contributed by atoms with Gasteiger partial charge in [-0.1, -0.05) is 91.0 Å². The highest BCUT2D eigenvalue weighted by Gasteiger charge is 2.42. The van der Waals surface area contributed by atoms with Crippen LogP contribution in [0.4, 0.5) is 0 Å². The second kappa shape index (κ2) is 7.27. The first-order chi connectivity index (χ1) is 12.8. The Morgan fingerprint density at radius 1 is 0.692 bits per heavy atom. The number of carbonyl (C=O) groups is 1. The molecule has 3 aromatic carbocycles. The van der Waals surface area contributed by atoms with E-state index in [4.69, 9.17) is 0 Å². The maximum absolute atomic E-state index is 13.3. The molecule has 0 saturated carbocycles. The minimum atomic E-state index is -0.136. The molecule has 0 N–H and O–H groups in total. The number of Topliss-reactive ketones (excluding diaryl/α,β-unsaturated/α-hetero) is 1. The van der Waals surface area contributed by atoms with Gasteiger partial charge in [-0.2, -0.15) is 0 Å². The molecule has 4 rings (SSSR count). The van der Waals surface area contributed by atoms with E-state index in [9.17, 15) is 4.79 Å². The smallest absolute Gasteiger partial charge is 0.144 e. The zero-order valence-electron chi connectivity index (χ0n) is 15.0. The number of likely N-dealkylation sites (N-methyl/N-ethyl adjacent to an activating group) is 1. The quantitative estimate of drug-likeness (QED) is 0.656. The Hall–Kier alpha value is -2.71. The molecule has 130 valence electrons. The number of carbonyl (C=O) groups excluding carboxylic acids is 1. The van der Waals surface area contributed by atoms with E-state index < -0.39 is 0 Å². The van der Waals surface area contributed by atoms with Crippen molar-refractivity contribution in [3.8, 4) is 0 Å². The van der Waals surface area contributed by atoms with E-state index >= 15 is 0 Å². The average Bonchev–Trinajstić information content (AvgIpc) is 2.71. The summed E-state index contributed by atoms with van der Waals surface area (Å²) >= 11 is 0. The minimum Gasteiger partial charge on any atom is -0.299 e. The van der Waals surface area contributed by atoms with Crippen molar-refractivity contribution in [2.45, 2.75) is 24.4 Å². The molecule has 0 bridgehead atoms. The van der Waals surface area contributed by atoms with Gasteiger partial charge in [0.05, 0.1) is 5.92 Å². The molecule has 1 aliphatic heterocycles. The van der Waals surface area contributed by atoms with Crippen LogP contribution in [0.25, 0.3) is 0 Å². The maximum Gasteiger partial charge on any atom is 0.144 e. The molecule has 26 heavy (non-hydrogen) atoms. The molecule has 3 aromatic rings. The third-order valence-electron chi connectivity index (χ3n) is 5.47. The summed E-state index contributed by atoms with van der Waals surface area (Å²) in [4.78, 5) is 15.7. The molecule has 0 amide bonds. The number of nitrogens with zero attached hydrogens (tertiary/aromatic N) is 1. The second-order valence-electron chi connectivity index (χ2n) is 7.01. The van der Waals surface area contributed by atoms with Crippen molar-refractivity contribution in [3.63, 3.8) is 0 Å². The Bertz CT molecular complexity index is 860. The summed E-state index contributed by atoms with van der Waals surface area (Å²) in [6.07, 6.45) is 0.545. The van der Waals surface area contributed by atoms with Crippen LogP contribution >= 0.6 is 0 Å². The minimum absolute atomic E-state index is 0.0325. The van der Waals surface area contributed by atoms with E-state index in [1.165, 1.54) is 11.1 Å². The van der Waals surface area contributed by atoms with E-state index in [-0.39, 0.29) is 18.0 Å². The summed E-state index contributed by atoms with van der Waals surface area (Å²) < 4.78 is 0. The molecule has 0 aliphatic carbocycles. The molecule has 3 atom stereocenters. The molecule has 1 aliphatic rings. The van der Waals surface area contributed by atoms with Crippen molar-refractivity contribution in [3.05, 3.63) is 108 Å². The highest BCUT2D eigenvalue weighted by Crippen LogP contribution is 2.46. The van der Waals surface area contributed by atoms with Crippen molar-refractivity contribution in [2.75, 3.05) is 7.05 Å². The van der Waals surface area contributed by atoms with Gasteiger partial charge in [-0.05, 0) is 23.7 Å². The first kappa shape index (κ1) is 16.7. The Balaban J connectivity index is 1.80. The van der Waals surface area contributed by atoms with Gasteiger partial charge in [0.25, 0.3) is 0 Å². The third kappa shape index (κ3) is 3.09. The Morgan fingerprint density at radius 3 is 1.69 bits per heavy atom. The van der Waals surface area contributed by atoms with E-state index in [0.29, 0.717) is 12.2 Å². The standard InChI is InChI=1S/C24H23NO/c1-25-21(18-11-5-2-6-12-18)17-22(26)23(19-13-7-3-8-14-19)24(25)20-15-9-4-10-16-20/h2-16,21,23-24H,17H2,1H3/t21-,23-,24-/m0/s1. The van der Waals surface area contributed by atoms with Crippen molar-refractivity contribution in [1.82, 2.24) is 4.90 Å². The molecule has 1 heterocycles. The SMILES string of the molecule is CN1[C@H](c2ccccc2)CC(=O)[C@H](c2ccccc2)[C@@H]1c1ccccc1. The first-order valence-corrected chi connectivity index (χ1v) is 9.15. The van der Waals surface area contributed by atoms with E-state index in [1.807, 2.05) is 30.3 Å². The highest BCUT2D eigenvalue weighted by atomic mass is 16.1. The van der Waals surface area contributed by atoms with E-state index in [0.717, 1.165) is 5.56 Å². The van der Waals surface area contributed by atoms with Crippen LogP contribution in [0.15, 0.2) is 91.0 Å². The lowest BCUT2D eigenvalue weighted by Gasteiger charge is -2.44. The summed E-state index contributed by atoms with van der Waals surface area (Å²) in [7, 11) is 2.15. The lowest BCUT2D eigenvalue weighted by atomic mass is 9.76. The van der Waals surface area contributed by atoms with Gasteiger partial charge >= 0.3 is 0 Å². The van der Waals surface area contributed by atoms with Crippen molar-refractivity contribution in [2.24, 2.45) is 0 Å². The summed E-state index contributed by atoms with van der Waals surface area (Å²) in [5.41, 5.74) is 3.50. The van der Waals surface area contributed by atoms with Gasteiger partial charge in [0, 0.05) is 18.5 Å². The summed E-state index contributed by atoms with van der Waals surface area (Å²) in [6.45, 7) is 0. The predicted octanol–water partition coefficient (Wildman–Crippen LogP) is 5.16. The number of benzene rings is 3. The van der Waals surface area contributed by atoms with Crippen molar-refractivity contribution in [1.29, 1.82) is 0 Å². The van der Waals surface area contributed by atoms with Crippen LogP contribution in [0.5, 0.6) is 0 Å². The number of ketones is 1. The zero-order chi connectivity index (χ0) is 17.9. The second-order valence-corrected chi connectivity index (χ2v) is 7.01. The average molecular weight is 341 g/mol. The maximum atomic E-state index is 13.3. The molecular formula is C24H23NO. The summed E-state index contributed by atoms with van der Waals surface area (Å²) in [5, 5.41) is 0. The first-order valence-electron chi connectivity index (χ1n) is 9.15. The van der Waals surface area contributed by atoms with Crippen LogP contribution in [-0.2, 0) is 4.79 Å². The lowest BCUT2D eigenvalue weighted by molar-refractivity contribution is -0.127. The van der Waals surface area contributed by atoms with E-state index in [1.54, 1.807) is 0 Å². The molecule has 1 saturated heterocycles. The monoisotopic (exact) mass is 341 g/mol.